The van der Waals surface area contributed by atoms with E-state index in [1.165, 1.54) is 13.4 Å². The van der Waals surface area contributed by atoms with Crippen LogP contribution in [0.25, 0.3) is 0 Å². The molecule has 8 atom stereocenters. The molecule has 2 aromatic rings. The fourth-order valence-electron chi connectivity index (χ4n) is 6.86. The van der Waals surface area contributed by atoms with Gasteiger partial charge in [-0.25, -0.2) is 9.78 Å². The number of carbonyl (C=O) groups excluding carboxylic acids is 1. The summed E-state index contributed by atoms with van der Waals surface area (Å²) >= 11 is 0. The van der Waals surface area contributed by atoms with Gasteiger partial charge in [-0.1, -0.05) is 132 Å². The summed E-state index contributed by atoms with van der Waals surface area (Å²) < 4.78 is 50.2. The molecule has 0 aliphatic carbocycles. The van der Waals surface area contributed by atoms with Crippen molar-refractivity contribution in [3.05, 3.63) is 84.1 Å². The Balaban J connectivity index is 2.48. The van der Waals surface area contributed by atoms with Gasteiger partial charge in [-0.05, 0) is 85.4 Å². The van der Waals surface area contributed by atoms with E-state index in [2.05, 4.69) is 170 Å². The highest BCUT2D eigenvalue weighted by Gasteiger charge is 2.44. The lowest BCUT2D eigenvalue weighted by Crippen LogP contribution is -2.50. The topological polar surface area (TPSA) is 108 Å². The quantitative estimate of drug-likeness (QED) is 0.0542. The van der Waals surface area contributed by atoms with Crippen LogP contribution in [-0.4, -0.2) is 87.8 Å². The molecule has 0 unspecified atom stereocenters. The van der Waals surface area contributed by atoms with Gasteiger partial charge in [0.05, 0.1) is 51.2 Å². The van der Waals surface area contributed by atoms with Crippen molar-refractivity contribution >= 4 is 30.9 Å². The first kappa shape index (κ1) is 58.5. The second-order valence-electron chi connectivity index (χ2n) is 22.6. The Bertz CT molecular complexity index is 1820. The molecule has 0 bridgehead atoms. The maximum absolute atomic E-state index is 12.1. The fourth-order valence-corrected chi connectivity index (χ4v) is 11.0. The van der Waals surface area contributed by atoms with Crippen LogP contribution in [0.2, 0.25) is 54.4 Å². The normalized spacial score (nSPS) is 17.6. The number of rotatable bonds is 25. The molecule has 1 heterocycles. The van der Waals surface area contributed by atoms with Crippen molar-refractivity contribution in [3.63, 3.8) is 0 Å². The Hall–Kier alpha value is -2.63. The lowest BCUT2D eigenvalue weighted by Gasteiger charge is -2.45. The summed E-state index contributed by atoms with van der Waals surface area (Å²) in [6.07, 6.45) is 14.6. The van der Waals surface area contributed by atoms with Crippen molar-refractivity contribution in [1.82, 2.24) is 4.98 Å². The van der Waals surface area contributed by atoms with Gasteiger partial charge in [0, 0.05) is 31.5 Å². The van der Waals surface area contributed by atoms with Gasteiger partial charge in [-0.3, -0.25) is 0 Å². The molecule has 0 fully saturated rings. The number of carbonyl (C=O) groups is 1. The Morgan fingerprint density at radius 1 is 0.692 bits per heavy atom. The van der Waals surface area contributed by atoms with Gasteiger partial charge in [0.25, 0.3) is 0 Å². The van der Waals surface area contributed by atoms with Crippen molar-refractivity contribution in [2.24, 2.45) is 11.8 Å². The van der Waals surface area contributed by atoms with E-state index in [-0.39, 0.29) is 69.1 Å². The first-order chi connectivity index (χ1) is 29.8. The third-order valence-electron chi connectivity index (χ3n) is 14.3. The maximum atomic E-state index is 12.1. The molecule has 0 N–H and O–H groups in total. The molecule has 0 saturated heterocycles. The summed E-state index contributed by atoms with van der Waals surface area (Å²) in [6, 6.07) is 8.11. The van der Waals surface area contributed by atoms with Gasteiger partial charge < -0.3 is 36.6 Å². The minimum absolute atomic E-state index is 0.00758. The Morgan fingerprint density at radius 2 is 1.22 bits per heavy atom. The Labute approximate surface area is 399 Å². The molecule has 13 heteroatoms. The summed E-state index contributed by atoms with van der Waals surface area (Å²) in [4.78, 5) is 16.5. The number of esters is 1. The number of ether oxygens (including phenoxy) is 4. The Morgan fingerprint density at radius 3 is 1.72 bits per heavy atom. The number of benzene rings is 1. The van der Waals surface area contributed by atoms with Crippen LogP contribution in [0.15, 0.2) is 71.4 Å². The number of nitrogens with zero attached hydrogens (tertiary/aromatic N) is 1. The van der Waals surface area contributed by atoms with Gasteiger partial charge in [0.1, 0.15) is 12.0 Å². The van der Waals surface area contributed by atoms with Gasteiger partial charge in [-0.15, -0.1) is 0 Å². The lowest BCUT2D eigenvalue weighted by atomic mass is 9.86. The van der Waals surface area contributed by atoms with E-state index < -0.39 is 30.9 Å². The fraction of sp³-hybridized carbons (Fsp3) is 0.692. The predicted molar refractivity (Wildman–Crippen MR) is 275 cm³/mol. The largest absolute Gasteiger partial charge is 0.497 e. The minimum Gasteiger partial charge on any atom is -0.497 e. The highest BCUT2D eigenvalue weighted by Crippen LogP contribution is 2.42. The highest BCUT2D eigenvalue weighted by molar-refractivity contribution is 6.75. The van der Waals surface area contributed by atoms with Crippen LogP contribution in [0.5, 0.6) is 5.75 Å². The average molecular weight is 959 g/mol. The third kappa shape index (κ3) is 17.8. The van der Waals surface area contributed by atoms with Gasteiger partial charge in [0.2, 0.25) is 0 Å². The number of methoxy groups -OCH3 is 3. The van der Waals surface area contributed by atoms with Crippen LogP contribution in [0.4, 0.5) is 0 Å². The van der Waals surface area contributed by atoms with E-state index >= 15 is 0 Å². The number of aromatic nitrogens is 1. The zero-order valence-corrected chi connectivity index (χ0v) is 47.7. The number of hydrogen-bond donors (Lipinski definition) is 0. The van der Waals surface area contributed by atoms with Crippen LogP contribution >= 0.6 is 0 Å². The number of allylic oxidation sites excluding steroid dienone is 4. The molecule has 370 valence electrons. The SMILES string of the molecule is COC(=O)c1coc([C@H](C)[C@@H](C[C@H](/C=C/C=C/C=C\[C@H](C)[C@H](OCc2ccc(OC)cc2)[C@@H](C)[C@H](C[C@@H](C)O[Si](C)(C)C(C)(C)C)O[Si](C)(C)C(C)(C)C)O[Si](C)(C)C(C)(C)C)OC)n1. The van der Waals surface area contributed by atoms with E-state index in [0.29, 0.717) is 18.9 Å². The summed E-state index contributed by atoms with van der Waals surface area (Å²) in [6.45, 7) is 43.6. The molecule has 0 aliphatic rings. The van der Waals surface area contributed by atoms with Gasteiger partial charge in [-0.2, -0.15) is 0 Å². The molecule has 0 spiro atoms. The molecule has 0 amide bonds. The van der Waals surface area contributed by atoms with Crippen LogP contribution in [0, 0.1) is 11.8 Å². The van der Waals surface area contributed by atoms with Crippen LogP contribution in [0.3, 0.4) is 0 Å². The zero-order chi connectivity index (χ0) is 49.8. The highest BCUT2D eigenvalue weighted by atomic mass is 28.4. The van der Waals surface area contributed by atoms with Crippen molar-refractivity contribution in [3.8, 4) is 5.75 Å². The van der Waals surface area contributed by atoms with Gasteiger partial charge in [0.15, 0.2) is 36.5 Å². The molecule has 10 nitrogen and oxygen atoms in total. The summed E-state index contributed by atoms with van der Waals surface area (Å²) in [7, 11) is -1.67. The molecular weight excluding hydrogens is 867 g/mol. The standard InChI is InChI=1S/C52H91NO9Si3/c1-37(27-25-23-24-26-28-43(61-64(19,20)51(8,9)10)34-45(56-15)40(4)48-53-44(36-59-48)49(54)57-16)47(58-35-41-29-31-42(55-14)32-30-41)39(3)46(62-65(21,22)52(11,12)13)33-38(2)60-63(17,18)50(5,6)7/h23-32,36-40,43,45-47H,33-35H2,1-22H3/b24-23+,27-25-,28-26+/t37-,38+,39-,40+,43-,45+,46-,47-/m0/s1. The monoisotopic (exact) mass is 958 g/mol. The predicted octanol–water partition coefficient (Wildman–Crippen LogP) is 14.1. The third-order valence-corrected chi connectivity index (χ3v) is 27.9. The maximum Gasteiger partial charge on any atom is 0.360 e. The van der Waals surface area contributed by atoms with E-state index in [0.717, 1.165) is 17.7 Å². The number of oxazole rings is 1. The summed E-state index contributed by atoms with van der Waals surface area (Å²) in [5, 5.41) is 0.157. The van der Waals surface area contributed by atoms with Crippen LogP contribution in [0.1, 0.15) is 131 Å². The van der Waals surface area contributed by atoms with Crippen LogP contribution in [-0.2, 0) is 34.1 Å². The molecular formula is C52H91NO9Si3. The van der Waals surface area contributed by atoms with E-state index in [4.69, 9.17) is 36.6 Å². The molecule has 2 rings (SSSR count). The molecule has 65 heavy (non-hydrogen) atoms. The van der Waals surface area contributed by atoms with Crippen LogP contribution < -0.4 is 4.74 Å². The van der Waals surface area contributed by atoms with Gasteiger partial charge >= 0.3 is 5.97 Å². The van der Waals surface area contributed by atoms with E-state index in [9.17, 15) is 4.79 Å². The zero-order valence-electron chi connectivity index (χ0n) is 44.7. The average Bonchev–Trinajstić information content (AvgIpc) is 3.69. The van der Waals surface area contributed by atoms with Crippen molar-refractivity contribution in [2.75, 3.05) is 21.3 Å². The minimum atomic E-state index is -2.18. The summed E-state index contributed by atoms with van der Waals surface area (Å²) in [5.74, 6) is 0.582. The lowest BCUT2D eigenvalue weighted by molar-refractivity contribution is -0.0600. The van der Waals surface area contributed by atoms with Crippen molar-refractivity contribution < 1.29 is 41.4 Å². The van der Waals surface area contributed by atoms with Crippen molar-refractivity contribution in [1.29, 1.82) is 0 Å². The molecule has 0 radical (unpaired) electrons. The second kappa shape index (κ2) is 24.6. The molecule has 0 saturated carbocycles. The smallest absolute Gasteiger partial charge is 0.360 e. The molecule has 1 aromatic carbocycles. The first-order valence-electron chi connectivity index (χ1n) is 23.7. The van der Waals surface area contributed by atoms with Crippen molar-refractivity contribution in [2.45, 2.75) is 200 Å². The summed E-state index contributed by atoms with van der Waals surface area (Å²) in [5.41, 5.74) is 1.22. The molecule has 0 aliphatic heterocycles. The number of hydrogen-bond acceptors (Lipinski definition) is 10. The van der Waals surface area contributed by atoms with E-state index in [1.54, 1.807) is 14.2 Å². The first-order valence-corrected chi connectivity index (χ1v) is 32.4. The van der Waals surface area contributed by atoms with E-state index in [1.807, 2.05) is 25.1 Å². The second-order valence-corrected chi connectivity index (χ2v) is 36.9. The Kier molecular flexibility index (Phi) is 22.1. The molecule has 1 aromatic heterocycles.